The van der Waals surface area contributed by atoms with Crippen LogP contribution in [0.2, 0.25) is 0 Å². The molecule has 0 fully saturated rings. The molecule has 0 unspecified atom stereocenters. The summed E-state index contributed by atoms with van der Waals surface area (Å²) in [5, 5.41) is 3.10. The Morgan fingerprint density at radius 3 is 2.81 bits per heavy atom. The van der Waals surface area contributed by atoms with Crippen molar-refractivity contribution in [2.45, 2.75) is 10.6 Å². The molecule has 1 heterocycles. The van der Waals surface area contributed by atoms with Crippen LogP contribution in [0.3, 0.4) is 0 Å². The van der Waals surface area contributed by atoms with E-state index in [4.69, 9.17) is 0 Å². The van der Waals surface area contributed by atoms with Gasteiger partial charge in [0.05, 0.1) is 11.4 Å². The molecule has 0 aliphatic heterocycles. The molecular weight excluding hydrogens is 369 g/mol. The van der Waals surface area contributed by atoms with Crippen LogP contribution in [-0.2, 0) is 5.75 Å². The monoisotopic (exact) mass is 379 g/mol. The molecule has 1 nitrogen and oxygen atoms in total. The second-order valence-electron chi connectivity index (χ2n) is 4.38. The van der Waals surface area contributed by atoms with Crippen molar-refractivity contribution in [3.8, 4) is 11.3 Å². The fourth-order valence-electron chi connectivity index (χ4n) is 1.86. The first-order chi connectivity index (χ1) is 10.2. The second-order valence-corrected chi connectivity index (χ2v) is 7.29. The molecule has 0 amide bonds. The minimum atomic E-state index is -0.200. The highest BCUT2D eigenvalue weighted by Gasteiger charge is 2.06. The van der Waals surface area contributed by atoms with E-state index in [1.54, 1.807) is 35.2 Å². The van der Waals surface area contributed by atoms with Gasteiger partial charge in [0.2, 0.25) is 0 Å². The number of benzene rings is 2. The lowest BCUT2D eigenvalue weighted by atomic mass is 10.2. The molecule has 3 aromatic rings. The third-order valence-electron chi connectivity index (χ3n) is 2.83. The van der Waals surface area contributed by atoms with E-state index in [0.717, 1.165) is 31.4 Å². The molecule has 1 aromatic heterocycles. The zero-order valence-corrected chi connectivity index (χ0v) is 14.1. The summed E-state index contributed by atoms with van der Waals surface area (Å²) >= 11 is 6.70. The molecule has 0 saturated carbocycles. The molecule has 0 radical (unpaired) electrons. The van der Waals surface area contributed by atoms with Gasteiger partial charge in [-0.25, -0.2) is 9.37 Å². The molecule has 3 rings (SSSR count). The minimum Gasteiger partial charge on any atom is -0.240 e. The van der Waals surface area contributed by atoms with Crippen LogP contribution in [0.1, 0.15) is 5.01 Å². The van der Waals surface area contributed by atoms with Crippen molar-refractivity contribution >= 4 is 39.0 Å². The summed E-state index contributed by atoms with van der Waals surface area (Å²) in [6.45, 7) is 0. The smallest absolute Gasteiger partial charge is 0.124 e. The standard InChI is InChI=1S/C16H11BrFNS2/c17-12-4-1-3-11(7-12)15-9-21-16(19-15)10-20-14-6-2-5-13(18)8-14/h1-9H,10H2. The molecule has 0 spiro atoms. The van der Waals surface area contributed by atoms with Crippen molar-refractivity contribution in [1.29, 1.82) is 0 Å². The van der Waals surface area contributed by atoms with Gasteiger partial charge in [0.25, 0.3) is 0 Å². The molecule has 5 heteroatoms. The van der Waals surface area contributed by atoms with Crippen molar-refractivity contribution in [2.75, 3.05) is 0 Å². The summed E-state index contributed by atoms with van der Waals surface area (Å²) in [6.07, 6.45) is 0. The highest BCUT2D eigenvalue weighted by atomic mass is 79.9. The number of nitrogens with zero attached hydrogens (tertiary/aromatic N) is 1. The number of halogens is 2. The summed E-state index contributed by atoms with van der Waals surface area (Å²) in [4.78, 5) is 5.57. The average Bonchev–Trinajstić information content (AvgIpc) is 2.94. The van der Waals surface area contributed by atoms with Crippen LogP contribution >= 0.6 is 39.0 Å². The van der Waals surface area contributed by atoms with Crippen LogP contribution in [0.15, 0.2) is 63.3 Å². The molecule has 0 saturated heterocycles. The van der Waals surface area contributed by atoms with Crippen LogP contribution in [0.25, 0.3) is 11.3 Å². The van der Waals surface area contributed by atoms with E-state index < -0.39 is 0 Å². The minimum absolute atomic E-state index is 0.200. The lowest BCUT2D eigenvalue weighted by Gasteiger charge is -1.99. The number of hydrogen-bond donors (Lipinski definition) is 0. The average molecular weight is 380 g/mol. The summed E-state index contributed by atoms with van der Waals surface area (Å²) in [5.74, 6) is 0.552. The zero-order valence-electron chi connectivity index (χ0n) is 10.9. The van der Waals surface area contributed by atoms with Crippen molar-refractivity contribution in [3.63, 3.8) is 0 Å². The largest absolute Gasteiger partial charge is 0.240 e. The van der Waals surface area contributed by atoms with Crippen LogP contribution in [0, 0.1) is 5.82 Å². The Morgan fingerprint density at radius 2 is 2.00 bits per heavy atom. The quantitative estimate of drug-likeness (QED) is 0.515. The van der Waals surface area contributed by atoms with E-state index in [1.165, 1.54) is 6.07 Å². The third kappa shape index (κ3) is 3.93. The number of aromatic nitrogens is 1. The van der Waals surface area contributed by atoms with Crippen molar-refractivity contribution < 1.29 is 4.39 Å². The highest BCUT2D eigenvalue weighted by Crippen LogP contribution is 2.29. The van der Waals surface area contributed by atoms with Crippen LogP contribution in [-0.4, -0.2) is 4.98 Å². The maximum atomic E-state index is 13.1. The van der Waals surface area contributed by atoms with Gasteiger partial charge >= 0.3 is 0 Å². The first-order valence-electron chi connectivity index (χ1n) is 6.29. The normalized spacial score (nSPS) is 10.8. The Labute approximate surface area is 139 Å². The fourth-order valence-corrected chi connectivity index (χ4v) is 4.02. The lowest BCUT2D eigenvalue weighted by Crippen LogP contribution is -1.82. The molecule has 0 bridgehead atoms. The molecule has 0 aliphatic carbocycles. The fraction of sp³-hybridized carbons (Fsp3) is 0.0625. The van der Waals surface area contributed by atoms with Gasteiger partial charge in [0, 0.05) is 20.3 Å². The molecular formula is C16H11BrFNS2. The molecule has 21 heavy (non-hydrogen) atoms. The second kappa shape index (κ2) is 6.73. The molecule has 0 aliphatic rings. The topological polar surface area (TPSA) is 12.9 Å². The van der Waals surface area contributed by atoms with E-state index in [9.17, 15) is 4.39 Å². The van der Waals surface area contributed by atoms with Gasteiger partial charge in [-0.15, -0.1) is 23.1 Å². The Balaban J connectivity index is 1.71. The van der Waals surface area contributed by atoms with Gasteiger partial charge in [-0.2, -0.15) is 0 Å². The SMILES string of the molecule is Fc1cccc(SCc2nc(-c3cccc(Br)c3)cs2)c1. The van der Waals surface area contributed by atoms with Gasteiger partial charge in [0.1, 0.15) is 10.8 Å². The molecule has 0 atom stereocenters. The van der Waals surface area contributed by atoms with Gasteiger partial charge in [-0.3, -0.25) is 0 Å². The maximum Gasteiger partial charge on any atom is 0.124 e. The number of thiazole rings is 1. The van der Waals surface area contributed by atoms with Gasteiger partial charge in [-0.1, -0.05) is 34.1 Å². The summed E-state index contributed by atoms with van der Waals surface area (Å²) < 4.78 is 14.2. The van der Waals surface area contributed by atoms with Crippen LogP contribution in [0.5, 0.6) is 0 Å². The summed E-state index contributed by atoms with van der Waals surface area (Å²) in [7, 11) is 0. The first kappa shape index (κ1) is 14.8. The third-order valence-corrected chi connectivity index (χ3v) is 5.36. The molecule has 0 N–H and O–H groups in total. The van der Waals surface area contributed by atoms with E-state index in [1.807, 2.05) is 24.3 Å². The zero-order chi connectivity index (χ0) is 14.7. The predicted octanol–water partition coefficient (Wildman–Crippen LogP) is 6.00. The van der Waals surface area contributed by atoms with E-state index in [-0.39, 0.29) is 5.82 Å². The summed E-state index contributed by atoms with van der Waals surface area (Å²) in [6, 6.07) is 14.7. The number of rotatable bonds is 4. The Hall–Kier alpha value is -1.17. The Kier molecular flexibility index (Phi) is 4.73. The van der Waals surface area contributed by atoms with Crippen molar-refractivity contribution in [1.82, 2.24) is 4.98 Å². The van der Waals surface area contributed by atoms with Crippen molar-refractivity contribution in [3.05, 3.63) is 69.2 Å². The maximum absolute atomic E-state index is 13.1. The molecule has 106 valence electrons. The van der Waals surface area contributed by atoms with Gasteiger partial charge < -0.3 is 0 Å². The molecule has 2 aromatic carbocycles. The summed E-state index contributed by atoms with van der Waals surface area (Å²) in [5.41, 5.74) is 2.08. The Morgan fingerprint density at radius 1 is 1.14 bits per heavy atom. The predicted molar refractivity (Wildman–Crippen MR) is 91.2 cm³/mol. The number of hydrogen-bond acceptors (Lipinski definition) is 3. The van der Waals surface area contributed by atoms with Crippen LogP contribution in [0.4, 0.5) is 4.39 Å². The first-order valence-corrected chi connectivity index (χ1v) is 8.95. The highest BCUT2D eigenvalue weighted by molar-refractivity contribution is 9.10. The lowest BCUT2D eigenvalue weighted by molar-refractivity contribution is 0.624. The number of thioether (sulfide) groups is 1. The van der Waals surface area contributed by atoms with E-state index in [2.05, 4.69) is 32.4 Å². The van der Waals surface area contributed by atoms with E-state index >= 15 is 0 Å². The van der Waals surface area contributed by atoms with Crippen LogP contribution < -0.4 is 0 Å². The van der Waals surface area contributed by atoms with Crippen molar-refractivity contribution in [2.24, 2.45) is 0 Å². The Bertz CT molecular complexity index is 757. The van der Waals surface area contributed by atoms with Gasteiger partial charge in [-0.05, 0) is 30.3 Å². The van der Waals surface area contributed by atoms with Gasteiger partial charge in [0.15, 0.2) is 0 Å². The van der Waals surface area contributed by atoms with E-state index in [0.29, 0.717) is 0 Å².